The van der Waals surface area contributed by atoms with E-state index in [1.807, 2.05) is 0 Å². The third-order valence-electron chi connectivity index (χ3n) is 2.81. The average molecular weight is 296 g/mol. The second kappa shape index (κ2) is 5.43. The van der Waals surface area contributed by atoms with Gasteiger partial charge in [-0.3, -0.25) is 0 Å². The summed E-state index contributed by atoms with van der Waals surface area (Å²) >= 11 is 0. The molecule has 0 aliphatic carbocycles. The van der Waals surface area contributed by atoms with Crippen molar-refractivity contribution in [3.8, 4) is 0 Å². The Morgan fingerprint density at radius 3 is 2.43 bits per heavy atom. The van der Waals surface area contributed by atoms with Crippen molar-refractivity contribution in [2.45, 2.75) is 13.1 Å². The van der Waals surface area contributed by atoms with Gasteiger partial charge >= 0.3 is 12.1 Å². The number of alkyl halides is 3. The van der Waals surface area contributed by atoms with Crippen LogP contribution < -0.4 is 5.32 Å². The fourth-order valence-corrected chi connectivity index (χ4v) is 1.73. The Hall–Kier alpha value is -2.57. The van der Waals surface area contributed by atoms with E-state index in [1.165, 1.54) is 18.2 Å². The maximum Gasteiger partial charge on any atom is 0.433 e. The first-order valence-corrected chi connectivity index (χ1v) is 5.91. The van der Waals surface area contributed by atoms with Gasteiger partial charge in [0.25, 0.3) is 0 Å². The van der Waals surface area contributed by atoms with Gasteiger partial charge in [0.15, 0.2) is 0 Å². The van der Waals surface area contributed by atoms with Gasteiger partial charge in [0, 0.05) is 5.69 Å². The minimum absolute atomic E-state index is 0.142. The van der Waals surface area contributed by atoms with Gasteiger partial charge in [-0.2, -0.15) is 13.2 Å². The van der Waals surface area contributed by atoms with Crippen molar-refractivity contribution >= 4 is 17.3 Å². The number of anilines is 2. The molecule has 0 atom stereocenters. The number of aromatic nitrogens is 1. The zero-order valence-electron chi connectivity index (χ0n) is 10.9. The Balaban J connectivity index is 2.20. The highest BCUT2D eigenvalue weighted by Gasteiger charge is 2.32. The number of nitrogens with zero attached hydrogens (tertiary/aromatic N) is 1. The molecule has 0 radical (unpaired) electrons. The van der Waals surface area contributed by atoms with Crippen LogP contribution in [-0.2, 0) is 6.18 Å². The summed E-state index contributed by atoms with van der Waals surface area (Å²) in [6.45, 7) is 1.70. The maximum atomic E-state index is 12.4. The van der Waals surface area contributed by atoms with Gasteiger partial charge in [-0.15, -0.1) is 0 Å². The lowest BCUT2D eigenvalue weighted by Gasteiger charge is -2.11. The summed E-state index contributed by atoms with van der Waals surface area (Å²) in [4.78, 5) is 14.2. The van der Waals surface area contributed by atoms with Crippen LogP contribution in [0.15, 0.2) is 36.5 Å². The monoisotopic (exact) mass is 296 g/mol. The van der Waals surface area contributed by atoms with Crippen LogP contribution in [0.1, 0.15) is 21.6 Å². The quantitative estimate of drug-likeness (QED) is 0.903. The Kier molecular flexibility index (Phi) is 3.84. The molecule has 1 aromatic carbocycles. The highest BCUT2D eigenvalue weighted by Crippen LogP contribution is 2.28. The van der Waals surface area contributed by atoms with E-state index in [1.54, 1.807) is 13.0 Å². The maximum absolute atomic E-state index is 12.4. The number of nitrogens with one attached hydrogen (secondary N) is 1. The van der Waals surface area contributed by atoms with Gasteiger partial charge in [-0.1, -0.05) is 0 Å². The first-order chi connectivity index (χ1) is 9.77. The average Bonchev–Trinajstić information content (AvgIpc) is 2.40. The largest absolute Gasteiger partial charge is 0.478 e. The highest BCUT2D eigenvalue weighted by atomic mass is 19.4. The summed E-state index contributed by atoms with van der Waals surface area (Å²) in [5.74, 6) is -1.04. The van der Waals surface area contributed by atoms with Crippen molar-refractivity contribution in [2.24, 2.45) is 0 Å². The van der Waals surface area contributed by atoms with Crippen molar-refractivity contribution < 1.29 is 23.1 Å². The van der Waals surface area contributed by atoms with Crippen molar-refractivity contribution in [3.05, 3.63) is 53.3 Å². The summed E-state index contributed by atoms with van der Waals surface area (Å²) in [5, 5.41) is 11.8. The summed E-state index contributed by atoms with van der Waals surface area (Å²) in [6.07, 6.45) is -3.40. The summed E-state index contributed by atoms with van der Waals surface area (Å²) < 4.78 is 37.2. The second-order valence-corrected chi connectivity index (χ2v) is 4.39. The molecular weight excluding hydrogens is 285 g/mol. The van der Waals surface area contributed by atoms with Crippen LogP contribution >= 0.6 is 0 Å². The normalized spacial score (nSPS) is 11.2. The molecule has 7 heteroatoms. The first-order valence-electron chi connectivity index (χ1n) is 5.91. The Bertz CT molecular complexity index is 667. The number of carboxylic acid groups (broad SMARTS) is 1. The van der Waals surface area contributed by atoms with E-state index in [2.05, 4.69) is 10.3 Å². The van der Waals surface area contributed by atoms with Crippen LogP contribution in [0.5, 0.6) is 0 Å². The van der Waals surface area contributed by atoms with Crippen molar-refractivity contribution in [3.63, 3.8) is 0 Å². The minimum atomic E-state index is -4.47. The molecule has 2 aromatic rings. The van der Waals surface area contributed by atoms with E-state index < -0.39 is 17.8 Å². The number of aromatic carboxylic acids is 1. The number of benzene rings is 1. The molecule has 1 aromatic heterocycles. The third-order valence-corrected chi connectivity index (χ3v) is 2.81. The number of carbonyl (C=O) groups is 1. The molecule has 4 nitrogen and oxygen atoms in total. The summed E-state index contributed by atoms with van der Waals surface area (Å²) in [7, 11) is 0. The lowest BCUT2D eigenvalue weighted by atomic mass is 10.1. The lowest BCUT2D eigenvalue weighted by Crippen LogP contribution is -2.07. The molecular formula is C14H11F3N2O2. The number of halogens is 3. The predicted octanol–water partition coefficient (Wildman–Crippen LogP) is 3.85. The van der Waals surface area contributed by atoms with Gasteiger partial charge in [0.2, 0.25) is 0 Å². The van der Waals surface area contributed by atoms with Gasteiger partial charge in [0.1, 0.15) is 5.69 Å². The molecule has 0 aliphatic rings. The standard InChI is InChI=1S/C14H11F3N2O2/c1-8-6-9(13(20)21)2-4-11(8)19-10-3-5-12(18-7-10)14(15,16)17/h2-7,19H,1H3,(H,20,21). The predicted molar refractivity (Wildman–Crippen MR) is 70.7 cm³/mol. The molecule has 0 spiro atoms. The van der Waals surface area contributed by atoms with Crippen LogP contribution in [0.25, 0.3) is 0 Å². The number of pyridine rings is 1. The smallest absolute Gasteiger partial charge is 0.433 e. The molecule has 0 saturated carbocycles. The van der Waals surface area contributed by atoms with E-state index in [0.29, 0.717) is 16.9 Å². The lowest BCUT2D eigenvalue weighted by molar-refractivity contribution is -0.141. The molecule has 0 aliphatic heterocycles. The topological polar surface area (TPSA) is 62.2 Å². The third kappa shape index (κ3) is 3.50. The van der Waals surface area contributed by atoms with Crippen LogP contribution in [-0.4, -0.2) is 16.1 Å². The number of carboxylic acids is 1. The zero-order valence-corrected chi connectivity index (χ0v) is 10.9. The van der Waals surface area contributed by atoms with Crippen LogP contribution in [0.4, 0.5) is 24.5 Å². The van der Waals surface area contributed by atoms with Crippen LogP contribution in [0, 0.1) is 6.92 Å². The van der Waals surface area contributed by atoms with Gasteiger partial charge in [-0.05, 0) is 42.8 Å². The summed E-state index contributed by atoms with van der Waals surface area (Å²) in [6, 6.07) is 6.58. The molecule has 0 fully saturated rings. The Labute approximate surface area is 118 Å². The van der Waals surface area contributed by atoms with Gasteiger partial charge in [-0.25, -0.2) is 9.78 Å². The SMILES string of the molecule is Cc1cc(C(=O)O)ccc1Nc1ccc(C(F)(F)F)nc1. The molecule has 110 valence electrons. The number of aryl methyl sites for hydroxylation is 1. The molecule has 2 N–H and O–H groups in total. The molecule has 0 bridgehead atoms. The minimum Gasteiger partial charge on any atom is -0.478 e. The molecule has 2 rings (SSSR count). The highest BCUT2D eigenvalue weighted by molar-refractivity contribution is 5.88. The van der Waals surface area contributed by atoms with E-state index in [9.17, 15) is 18.0 Å². The first kappa shape index (κ1) is 14.8. The Morgan fingerprint density at radius 1 is 1.24 bits per heavy atom. The fraction of sp³-hybridized carbons (Fsp3) is 0.143. The zero-order chi connectivity index (χ0) is 15.6. The van der Waals surface area contributed by atoms with E-state index in [4.69, 9.17) is 5.11 Å². The van der Waals surface area contributed by atoms with E-state index in [0.717, 1.165) is 12.3 Å². The molecule has 0 saturated heterocycles. The Morgan fingerprint density at radius 2 is 1.95 bits per heavy atom. The fourth-order valence-electron chi connectivity index (χ4n) is 1.73. The van der Waals surface area contributed by atoms with Crippen molar-refractivity contribution in [1.29, 1.82) is 0 Å². The molecule has 21 heavy (non-hydrogen) atoms. The van der Waals surface area contributed by atoms with Gasteiger partial charge in [0.05, 0.1) is 17.4 Å². The number of hydrogen-bond acceptors (Lipinski definition) is 3. The van der Waals surface area contributed by atoms with Crippen LogP contribution in [0.3, 0.4) is 0 Å². The molecule has 1 heterocycles. The molecule has 0 unspecified atom stereocenters. The number of rotatable bonds is 3. The van der Waals surface area contributed by atoms with E-state index >= 15 is 0 Å². The van der Waals surface area contributed by atoms with Crippen LogP contribution in [0.2, 0.25) is 0 Å². The van der Waals surface area contributed by atoms with Crippen molar-refractivity contribution in [1.82, 2.24) is 4.98 Å². The number of hydrogen-bond donors (Lipinski definition) is 2. The summed E-state index contributed by atoms with van der Waals surface area (Å²) in [5.41, 5.74) is 0.820. The second-order valence-electron chi connectivity index (χ2n) is 4.39. The van der Waals surface area contributed by atoms with Gasteiger partial charge < -0.3 is 10.4 Å². The van der Waals surface area contributed by atoms with E-state index in [-0.39, 0.29) is 5.56 Å². The molecule has 0 amide bonds. The van der Waals surface area contributed by atoms with Crippen molar-refractivity contribution in [2.75, 3.05) is 5.32 Å².